The van der Waals surface area contributed by atoms with E-state index in [4.69, 9.17) is 23.2 Å². The predicted octanol–water partition coefficient (Wildman–Crippen LogP) is 6.40. The van der Waals surface area contributed by atoms with Crippen molar-refractivity contribution in [2.24, 2.45) is 0 Å². The maximum atomic E-state index is 13.7. The molecule has 1 unspecified atom stereocenters. The molecule has 6 heteroatoms. The van der Waals surface area contributed by atoms with Crippen LogP contribution in [0.3, 0.4) is 0 Å². The van der Waals surface area contributed by atoms with Crippen LogP contribution in [-0.4, -0.2) is 28.8 Å². The third-order valence-corrected chi connectivity index (χ3v) is 6.55. The van der Waals surface area contributed by atoms with E-state index in [1.54, 1.807) is 23.1 Å². The molecule has 0 aromatic heterocycles. The lowest BCUT2D eigenvalue weighted by Crippen LogP contribution is -2.51. The molecular weight excluding hydrogens is 479 g/mol. The molecule has 0 saturated carbocycles. The Hall–Kier alpha value is -2.82. The largest absolute Gasteiger partial charge is 0.352 e. The lowest BCUT2D eigenvalue weighted by molar-refractivity contribution is -0.141. The quantitative estimate of drug-likeness (QED) is 0.343. The Kier molecular flexibility index (Phi) is 9.76. The van der Waals surface area contributed by atoms with E-state index in [0.717, 1.165) is 11.1 Å². The highest BCUT2D eigenvalue weighted by atomic mass is 35.5. The molecule has 2 amide bonds. The summed E-state index contributed by atoms with van der Waals surface area (Å²) in [6, 6.07) is 22.4. The Bertz CT molecular complexity index is 1110. The van der Waals surface area contributed by atoms with Crippen LogP contribution in [0.2, 0.25) is 10.0 Å². The molecule has 35 heavy (non-hydrogen) atoms. The van der Waals surface area contributed by atoms with Crippen molar-refractivity contribution in [2.45, 2.75) is 58.7 Å². The molecule has 3 aromatic carbocycles. The number of nitrogens with one attached hydrogen (secondary N) is 1. The van der Waals surface area contributed by atoms with Gasteiger partial charge in [0.05, 0.1) is 0 Å². The molecule has 0 bridgehead atoms. The number of nitrogens with zero attached hydrogens (tertiary/aromatic N) is 1. The van der Waals surface area contributed by atoms with Crippen LogP contribution >= 0.6 is 23.2 Å². The summed E-state index contributed by atoms with van der Waals surface area (Å²) in [4.78, 5) is 28.7. The Labute approximate surface area is 218 Å². The van der Waals surface area contributed by atoms with Crippen molar-refractivity contribution in [3.05, 3.63) is 105 Å². The van der Waals surface area contributed by atoms with E-state index in [1.165, 1.54) is 5.56 Å². The van der Waals surface area contributed by atoms with Gasteiger partial charge in [-0.2, -0.15) is 0 Å². The van der Waals surface area contributed by atoms with Crippen molar-refractivity contribution < 1.29 is 9.59 Å². The summed E-state index contributed by atoms with van der Waals surface area (Å²) < 4.78 is 0. The molecule has 0 fully saturated rings. The van der Waals surface area contributed by atoms with Gasteiger partial charge in [-0.15, -0.1) is 0 Å². The minimum Gasteiger partial charge on any atom is -0.352 e. The zero-order chi connectivity index (χ0) is 25.4. The van der Waals surface area contributed by atoms with Crippen molar-refractivity contribution >= 4 is 35.0 Å². The van der Waals surface area contributed by atoms with E-state index in [2.05, 4.69) is 5.32 Å². The average molecular weight is 511 g/mol. The van der Waals surface area contributed by atoms with Gasteiger partial charge in [-0.05, 0) is 50.5 Å². The third kappa shape index (κ3) is 7.84. The van der Waals surface area contributed by atoms with E-state index < -0.39 is 6.04 Å². The molecule has 0 radical (unpaired) electrons. The minimum atomic E-state index is -0.711. The molecule has 0 heterocycles. The second-order valence-electron chi connectivity index (χ2n) is 9.08. The van der Waals surface area contributed by atoms with E-state index in [9.17, 15) is 9.59 Å². The van der Waals surface area contributed by atoms with Crippen LogP contribution in [0.15, 0.2) is 72.8 Å². The van der Waals surface area contributed by atoms with Gasteiger partial charge in [0.2, 0.25) is 11.8 Å². The van der Waals surface area contributed by atoms with Crippen LogP contribution in [0.5, 0.6) is 0 Å². The fraction of sp³-hybridized carbons (Fsp3) is 0.310. The molecule has 1 atom stereocenters. The number of rotatable bonds is 10. The topological polar surface area (TPSA) is 49.4 Å². The highest BCUT2D eigenvalue weighted by Crippen LogP contribution is 2.27. The first-order valence-electron chi connectivity index (χ1n) is 11.9. The van der Waals surface area contributed by atoms with E-state index in [-0.39, 0.29) is 30.8 Å². The van der Waals surface area contributed by atoms with Crippen molar-refractivity contribution in [2.75, 3.05) is 0 Å². The number of carbonyl (C=O) groups is 2. The summed E-state index contributed by atoms with van der Waals surface area (Å²) in [5.41, 5.74) is 3.85. The molecule has 4 nitrogen and oxygen atoms in total. The molecule has 0 aliphatic heterocycles. The summed E-state index contributed by atoms with van der Waals surface area (Å²) in [6.07, 6.45) is 1.23. The van der Waals surface area contributed by atoms with Crippen LogP contribution in [0, 0.1) is 6.92 Å². The predicted molar refractivity (Wildman–Crippen MR) is 144 cm³/mol. The smallest absolute Gasteiger partial charge is 0.243 e. The summed E-state index contributed by atoms with van der Waals surface area (Å²) in [7, 11) is 0. The molecule has 3 aromatic rings. The van der Waals surface area contributed by atoms with Crippen LogP contribution in [-0.2, 0) is 29.0 Å². The minimum absolute atomic E-state index is 0.0609. The van der Waals surface area contributed by atoms with Crippen molar-refractivity contribution in [1.29, 1.82) is 0 Å². The lowest BCUT2D eigenvalue weighted by Gasteiger charge is -2.32. The molecule has 184 valence electrons. The molecular formula is C29H32Cl2N2O2. The number of amides is 2. The summed E-state index contributed by atoms with van der Waals surface area (Å²) in [5, 5.41) is 3.93. The van der Waals surface area contributed by atoms with Gasteiger partial charge in [0.15, 0.2) is 0 Å². The number of hydrogen-bond acceptors (Lipinski definition) is 2. The highest BCUT2D eigenvalue weighted by Gasteiger charge is 2.31. The molecule has 0 aliphatic carbocycles. The average Bonchev–Trinajstić information content (AvgIpc) is 2.82. The number of hydrogen-bond donors (Lipinski definition) is 1. The Morgan fingerprint density at radius 2 is 1.49 bits per heavy atom. The first-order chi connectivity index (χ1) is 16.7. The lowest BCUT2D eigenvalue weighted by atomic mass is 10.0. The number of aryl methyl sites for hydroxylation is 2. The van der Waals surface area contributed by atoms with Gasteiger partial charge in [-0.3, -0.25) is 9.59 Å². The summed E-state index contributed by atoms with van der Waals surface area (Å²) >= 11 is 12.9. The van der Waals surface area contributed by atoms with Gasteiger partial charge in [0.1, 0.15) is 6.04 Å². The zero-order valence-corrected chi connectivity index (χ0v) is 21.9. The maximum Gasteiger partial charge on any atom is 0.243 e. The van der Waals surface area contributed by atoms with Crippen molar-refractivity contribution in [1.82, 2.24) is 10.2 Å². The van der Waals surface area contributed by atoms with E-state index >= 15 is 0 Å². The Morgan fingerprint density at radius 1 is 0.857 bits per heavy atom. The number of carbonyl (C=O) groups excluding carboxylic acids is 2. The standard InChI is InChI=1S/C29H32Cl2N2O2/c1-20(2)32-29(35)27(18-23-8-5-4-6-9-23)33(19-24-25(30)10-7-11-26(24)31)28(34)17-16-22-14-12-21(3)13-15-22/h4-15,20,27H,16-19H2,1-3H3,(H,32,35). The normalized spacial score (nSPS) is 11.8. The van der Waals surface area contributed by atoms with Gasteiger partial charge in [-0.1, -0.05) is 89.4 Å². The van der Waals surface area contributed by atoms with Crippen LogP contribution in [0.4, 0.5) is 0 Å². The van der Waals surface area contributed by atoms with Gasteiger partial charge in [-0.25, -0.2) is 0 Å². The highest BCUT2D eigenvalue weighted by molar-refractivity contribution is 6.36. The van der Waals surface area contributed by atoms with Gasteiger partial charge < -0.3 is 10.2 Å². The van der Waals surface area contributed by atoms with E-state index in [0.29, 0.717) is 28.5 Å². The Balaban J connectivity index is 1.95. The van der Waals surface area contributed by atoms with Gasteiger partial charge in [0.25, 0.3) is 0 Å². The fourth-order valence-corrected chi connectivity index (χ4v) is 4.45. The van der Waals surface area contributed by atoms with E-state index in [1.807, 2.05) is 75.4 Å². The first kappa shape index (κ1) is 26.8. The van der Waals surface area contributed by atoms with Crippen LogP contribution in [0.25, 0.3) is 0 Å². The third-order valence-electron chi connectivity index (χ3n) is 5.84. The van der Waals surface area contributed by atoms with Gasteiger partial charge in [0, 0.05) is 41.0 Å². The summed E-state index contributed by atoms with van der Waals surface area (Å²) in [6.45, 7) is 6.00. The Morgan fingerprint density at radius 3 is 2.09 bits per heavy atom. The van der Waals surface area contributed by atoms with Crippen molar-refractivity contribution in [3.8, 4) is 0 Å². The SMILES string of the molecule is Cc1ccc(CCC(=O)N(Cc2c(Cl)cccc2Cl)C(Cc2ccccc2)C(=O)NC(C)C)cc1. The van der Waals surface area contributed by atoms with Gasteiger partial charge >= 0.3 is 0 Å². The first-order valence-corrected chi connectivity index (χ1v) is 12.6. The maximum absolute atomic E-state index is 13.7. The molecule has 0 saturated heterocycles. The van der Waals surface area contributed by atoms with Crippen LogP contribution in [0.1, 0.15) is 42.5 Å². The number of halogens is 2. The second-order valence-corrected chi connectivity index (χ2v) is 9.89. The number of benzene rings is 3. The molecule has 3 rings (SSSR count). The zero-order valence-electron chi connectivity index (χ0n) is 20.4. The molecule has 1 N–H and O–H groups in total. The van der Waals surface area contributed by atoms with Crippen molar-refractivity contribution in [3.63, 3.8) is 0 Å². The molecule has 0 spiro atoms. The monoisotopic (exact) mass is 510 g/mol. The molecule has 0 aliphatic rings. The second kappa shape index (κ2) is 12.8. The summed E-state index contributed by atoms with van der Waals surface area (Å²) in [5.74, 6) is -0.322. The fourth-order valence-electron chi connectivity index (χ4n) is 3.94. The van der Waals surface area contributed by atoms with Crippen LogP contribution < -0.4 is 5.32 Å².